The van der Waals surface area contributed by atoms with Gasteiger partial charge in [-0.1, -0.05) is 27.7 Å². The molecule has 0 aromatic heterocycles. The summed E-state index contributed by atoms with van der Waals surface area (Å²) in [6.45, 7) is 11.8. The molecule has 0 saturated carbocycles. The molecule has 0 aromatic rings. The fourth-order valence-electron chi connectivity index (χ4n) is 1.40. The van der Waals surface area contributed by atoms with Crippen molar-refractivity contribution in [2.45, 2.75) is 27.7 Å². The zero-order valence-corrected chi connectivity index (χ0v) is 9.83. The Morgan fingerprint density at radius 1 is 1.14 bits per heavy atom. The van der Waals surface area contributed by atoms with Gasteiger partial charge in [0.05, 0.1) is 17.1 Å². The molecule has 0 rings (SSSR count). The molecule has 0 bridgehead atoms. The van der Waals surface area contributed by atoms with Gasteiger partial charge in [0.25, 0.3) is 0 Å². The lowest BCUT2D eigenvalue weighted by molar-refractivity contribution is 0.746. The Balaban J connectivity index is 5.23. The van der Waals surface area contributed by atoms with Crippen LogP contribution in [0.2, 0.25) is 0 Å². The minimum Gasteiger partial charge on any atom is -0.396 e. The Morgan fingerprint density at radius 3 is 1.86 bits per heavy atom. The van der Waals surface area contributed by atoms with E-state index < -0.39 is 0 Å². The van der Waals surface area contributed by atoms with Crippen molar-refractivity contribution in [3.05, 3.63) is 11.4 Å². The molecule has 0 spiro atoms. The molecule has 0 heterocycles. The van der Waals surface area contributed by atoms with Crippen molar-refractivity contribution in [3.8, 4) is 0 Å². The standard InChI is InChI=1S/C11H21N3/c1-7(2)10(13-5)9(12)11(14-6)8(3)4/h7-8H,5,12H2,1-4,6H3/b10-9+,14-11?. The minimum absolute atomic E-state index is 0.281. The Bertz CT molecular complexity index is 260. The van der Waals surface area contributed by atoms with E-state index in [0.29, 0.717) is 11.6 Å². The van der Waals surface area contributed by atoms with Crippen molar-refractivity contribution >= 4 is 12.4 Å². The van der Waals surface area contributed by atoms with Gasteiger partial charge in [-0.3, -0.25) is 9.98 Å². The summed E-state index contributed by atoms with van der Waals surface area (Å²) < 4.78 is 0. The number of nitrogens with two attached hydrogens (primary N) is 1. The monoisotopic (exact) mass is 195 g/mol. The SMILES string of the molecule is C=N/C(=C(/N)C(=NC)C(C)C)C(C)C. The number of hydrogen-bond acceptors (Lipinski definition) is 3. The highest BCUT2D eigenvalue weighted by Gasteiger charge is 2.14. The van der Waals surface area contributed by atoms with Gasteiger partial charge in [-0.05, 0) is 18.6 Å². The van der Waals surface area contributed by atoms with Crippen LogP contribution < -0.4 is 5.73 Å². The maximum Gasteiger partial charge on any atom is 0.0751 e. The predicted molar refractivity (Wildman–Crippen MR) is 63.8 cm³/mol. The Morgan fingerprint density at radius 2 is 1.64 bits per heavy atom. The Kier molecular flexibility index (Phi) is 5.13. The number of hydrogen-bond donors (Lipinski definition) is 1. The van der Waals surface area contributed by atoms with Crippen LogP contribution in [-0.2, 0) is 0 Å². The first-order valence-corrected chi connectivity index (χ1v) is 4.89. The van der Waals surface area contributed by atoms with E-state index in [9.17, 15) is 0 Å². The third-order valence-corrected chi connectivity index (χ3v) is 2.06. The van der Waals surface area contributed by atoms with Crippen LogP contribution in [-0.4, -0.2) is 19.5 Å². The van der Waals surface area contributed by atoms with Gasteiger partial charge in [-0.25, -0.2) is 0 Å². The first kappa shape index (κ1) is 12.9. The molecular weight excluding hydrogens is 174 g/mol. The number of allylic oxidation sites excluding steroid dienone is 2. The zero-order valence-electron chi connectivity index (χ0n) is 9.83. The third kappa shape index (κ3) is 2.98. The van der Waals surface area contributed by atoms with E-state index in [2.05, 4.69) is 30.5 Å². The first-order valence-electron chi connectivity index (χ1n) is 4.89. The summed E-state index contributed by atoms with van der Waals surface area (Å²) in [7, 11) is 1.75. The van der Waals surface area contributed by atoms with E-state index in [0.717, 1.165) is 11.4 Å². The summed E-state index contributed by atoms with van der Waals surface area (Å²) in [6.07, 6.45) is 0. The summed E-state index contributed by atoms with van der Waals surface area (Å²) in [5.41, 5.74) is 8.41. The second-order valence-electron chi connectivity index (χ2n) is 3.88. The lowest BCUT2D eigenvalue weighted by Gasteiger charge is -2.14. The van der Waals surface area contributed by atoms with Crippen molar-refractivity contribution in [1.82, 2.24) is 0 Å². The number of nitrogens with zero attached hydrogens (tertiary/aromatic N) is 2. The molecule has 0 aromatic carbocycles. The highest BCUT2D eigenvalue weighted by Crippen LogP contribution is 2.16. The van der Waals surface area contributed by atoms with Gasteiger partial charge in [0.15, 0.2) is 0 Å². The summed E-state index contributed by atoms with van der Waals surface area (Å²) >= 11 is 0. The fraction of sp³-hybridized carbons (Fsp3) is 0.636. The zero-order chi connectivity index (χ0) is 11.3. The van der Waals surface area contributed by atoms with Crippen LogP contribution in [0, 0.1) is 11.8 Å². The van der Waals surface area contributed by atoms with Crippen LogP contribution in [0.3, 0.4) is 0 Å². The molecule has 0 amide bonds. The van der Waals surface area contributed by atoms with Crippen LogP contribution in [0.15, 0.2) is 21.4 Å². The summed E-state index contributed by atoms with van der Waals surface area (Å²) in [5.74, 6) is 0.596. The molecule has 14 heavy (non-hydrogen) atoms. The molecule has 0 saturated heterocycles. The molecule has 0 fully saturated rings. The second-order valence-corrected chi connectivity index (χ2v) is 3.88. The molecule has 0 aliphatic carbocycles. The fourth-order valence-corrected chi connectivity index (χ4v) is 1.40. The van der Waals surface area contributed by atoms with Crippen LogP contribution in [0.5, 0.6) is 0 Å². The van der Waals surface area contributed by atoms with Crippen molar-refractivity contribution in [2.24, 2.45) is 27.6 Å². The van der Waals surface area contributed by atoms with Crippen molar-refractivity contribution in [2.75, 3.05) is 7.05 Å². The quantitative estimate of drug-likeness (QED) is 0.687. The van der Waals surface area contributed by atoms with Crippen molar-refractivity contribution in [3.63, 3.8) is 0 Å². The van der Waals surface area contributed by atoms with E-state index in [-0.39, 0.29) is 5.92 Å². The van der Waals surface area contributed by atoms with Crippen LogP contribution in [0.1, 0.15) is 27.7 Å². The van der Waals surface area contributed by atoms with E-state index in [1.165, 1.54) is 0 Å². The summed E-state index contributed by atoms with van der Waals surface area (Å²) in [6, 6.07) is 0. The lowest BCUT2D eigenvalue weighted by atomic mass is 10.00. The molecular formula is C11H21N3. The van der Waals surface area contributed by atoms with E-state index in [1.54, 1.807) is 7.05 Å². The molecule has 0 radical (unpaired) electrons. The largest absolute Gasteiger partial charge is 0.396 e. The molecule has 80 valence electrons. The second kappa shape index (κ2) is 5.58. The van der Waals surface area contributed by atoms with Gasteiger partial charge in [0.2, 0.25) is 0 Å². The molecule has 2 N–H and O–H groups in total. The minimum atomic E-state index is 0.281. The lowest BCUT2D eigenvalue weighted by Crippen LogP contribution is -2.20. The van der Waals surface area contributed by atoms with Gasteiger partial charge >= 0.3 is 0 Å². The van der Waals surface area contributed by atoms with Crippen molar-refractivity contribution in [1.29, 1.82) is 0 Å². The Hall–Kier alpha value is -1.12. The van der Waals surface area contributed by atoms with Gasteiger partial charge in [-0.15, -0.1) is 0 Å². The van der Waals surface area contributed by atoms with Crippen LogP contribution >= 0.6 is 0 Å². The van der Waals surface area contributed by atoms with Gasteiger partial charge < -0.3 is 5.73 Å². The topological polar surface area (TPSA) is 50.7 Å². The molecule has 0 atom stereocenters. The van der Waals surface area contributed by atoms with E-state index >= 15 is 0 Å². The highest BCUT2D eigenvalue weighted by atomic mass is 14.8. The Labute approximate surface area is 86.8 Å². The molecule has 0 aliphatic heterocycles. The van der Waals surface area contributed by atoms with Crippen LogP contribution in [0.25, 0.3) is 0 Å². The molecule has 0 unspecified atom stereocenters. The predicted octanol–water partition coefficient (Wildman–Crippen LogP) is 2.24. The first-order chi connectivity index (χ1) is 6.45. The average molecular weight is 195 g/mol. The van der Waals surface area contributed by atoms with Gasteiger partial charge in [0, 0.05) is 7.05 Å². The number of rotatable bonds is 4. The maximum atomic E-state index is 6.00. The van der Waals surface area contributed by atoms with Gasteiger partial charge in [-0.2, -0.15) is 0 Å². The number of aliphatic imine (C=N–C) groups is 2. The third-order valence-electron chi connectivity index (χ3n) is 2.06. The average Bonchev–Trinajstić information content (AvgIpc) is 2.04. The smallest absolute Gasteiger partial charge is 0.0751 e. The van der Waals surface area contributed by atoms with Gasteiger partial charge in [0.1, 0.15) is 0 Å². The van der Waals surface area contributed by atoms with Crippen molar-refractivity contribution < 1.29 is 0 Å². The molecule has 3 nitrogen and oxygen atoms in total. The molecule has 0 aliphatic rings. The summed E-state index contributed by atoms with van der Waals surface area (Å²) in [5, 5.41) is 0. The maximum absolute atomic E-state index is 6.00. The van der Waals surface area contributed by atoms with E-state index in [4.69, 9.17) is 5.73 Å². The van der Waals surface area contributed by atoms with E-state index in [1.807, 2.05) is 13.8 Å². The highest BCUT2D eigenvalue weighted by molar-refractivity contribution is 6.01. The summed E-state index contributed by atoms with van der Waals surface area (Å²) in [4.78, 5) is 8.15. The normalized spacial score (nSPS) is 14.6. The van der Waals surface area contributed by atoms with Crippen LogP contribution in [0.4, 0.5) is 0 Å². The molecule has 3 heteroatoms.